The molecule has 2 heterocycles. The van der Waals surface area contributed by atoms with Crippen molar-refractivity contribution in [1.29, 1.82) is 0 Å². The summed E-state index contributed by atoms with van der Waals surface area (Å²) >= 11 is 0. The Morgan fingerprint density at radius 2 is 2.27 bits per heavy atom. The van der Waals surface area contributed by atoms with Crippen molar-refractivity contribution in [2.45, 2.75) is 25.9 Å². The maximum Gasteiger partial charge on any atom is 0.254 e. The summed E-state index contributed by atoms with van der Waals surface area (Å²) in [5.41, 5.74) is -0.156. The van der Waals surface area contributed by atoms with Crippen LogP contribution >= 0.6 is 0 Å². The van der Waals surface area contributed by atoms with Crippen LogP contribution in [0.1, 0.15) is 25.6 Å². The first kappa shape index (κ1) is 10.2. The fourth-order valence-corrected chi connectivity index (χ4v) is 1.30. The number of hydrogen-bond acceptors (Lipinski definition) is 4. The van der Waals surface area contributed by atoms with Crippen LogP contribution < -0.4 is 15.6 Å². The van der Waals surface area contributed by atoms with E-state index in [4.69, 9.17) is 4.74 Å². The third-order valence-electron chi connectivity index (χ3n) is 2.31. The van der Waals surface area contributed by atoms with Gasteiger partial charge in [-0.25, -0.2) is 0 Å². The van der Waals surface area contributed by atoms with Crippen LogP contribution in [0.25, 0.3) is 0 Å². The van der Waals surface area contributed by atoms with Crippen molar-refractivity contribution in [3.63, 3.8) is 0 Å². The minimum absolute atomic E-state index is 0.152. The number of nitrogens with zero attached hydrogens (tertiary/aromatic N) is 1. The first-order valence-corrected chi connectivity index (χ1v) is 5.14. The largest absolute Gasteiger partial charge is 0.471 e. The lowest BCUT2D eigenvalue weighted by Crippen LogP contribution is -2.50. The lowest BCUT2D eigenvalue weighted by molar-refractivity contribution is 0.135. The average molecular weight is 209 g/mol. The Hall–Kier alpha value is -1.36. The number of nitrogens with one attached hydrogen (secondary N) is 2. The van der Waals surface area contributed by atoms with Gasteiger partial charge in [-0.1, -0.05) is 13.8 Å². The third-order valence-corrected chi connectivity index (χ3v) is 2.31. The third kappa shape index (κ3) is 2.36. The van der Waals surface area contributed by atoms with E-state index in [1.54, 1.807) is 0 Å². The molecule has 0 amide bonds. The molecule has 1 aromatic rings. The van der Waals surface area contributed by atoms with Gasteiger partial charge in [-0.2, -0.15) is 4.98 Å². The van der Waals surface area contributed by atoms with Crippen molar-refractivity contribution in [2.75, 3.05) is 13.1 Å². The van der Waals surface area contributed by atoms with Gasteiger partial charge in [-0.15, -0.1) is 0 Å². The van der Waals surface area contributed by atoms with Gasteiger partial charge < -0.3 is 15.0 Å². The molecule has 1 aromatic heterocycles. The lowest BCUT2D eigenvalue weighted by Gasteiger charge is -2.27. The van der Waals surface area contributed by atoms with Gasteiger partial charge >= 0.3 is 0 Å². The molecular formula is C10H15N3O2. The molecular weight excluding hydrogens is 194 g/mol. The molecule has 5 heteroatoms. The maximum absolute atomic E-state index is 11.3. The van der Waals surface area contributed by atoms with Gasteiger partial charge in [0.25, 0.3) is 5.56 Å². The van der Waals surface area contributed by atoms with Crippen LogP contribution in [0.5, 0.6) is 5.88 Å². The Morgan fingerprint density at radius 1 is 1.53 bits per heavy atom. The Kier molecular flexibility index (Phi) is 2.73. The molecule has 82 valence electrons. The second-order valence-corrected chi connectivity index (χ2v) is 4.02. The molecule has 0 radical (unpaired) electrons. The number of ether oxygens (including phenoxy) is 1. The lowest BCUT2D eigenvalue weighted by atomic mass is 10.2. The molecule has 0 saturated carbocycles. The first-order valence-electron chi connectivity index (χ1n) is 5.14. The van der Waals surface area contributed by atoms with Crippen LogP contribution in [0, 0.1) is 0 Å². The number of aromatic nitrogens is 2. The fourth-order valence-electron chi connectivity index (χ4n) is 1.30. The quantitative estimate of drug-likeness (QED) is 0.748. The highest BCUT2D eigenvalue weighted by atomic mass is 16.5. The second-order valence-electron chi connectivity index (χ2n) is 4.02. The Balaban J connectivity index is 2.18. The minimum atomic E-state index is -0.156. The van der Waals surface area contributed by atoms with Crippen molar-refractivity contribution < 1.29 is 4.74 Å². The Bertz CT molecular complexity index is 396. The summed E-state index contributed by atoms with van der Waals surface area (Å²) in [5.74, 6) is 1.29. The Labute approximate surface area is 87.9 Å². The van der Waals surface area contributed by atoms with Crippen LogP contribution in [-0.4, -0.2) is 29.2 Å². The first-order chi connectivity index (χ1) is 7.15. The number of hydrogen-bond donors (Lipinski definition) is 2. The second kappa shape index (κ2) is 4.02. The van der Waals surface area contributed by atoms with Gasteiger partial charge in [0.2, 0.25) is 5.88 Å². The molecule has 2 N–H and O–H groups in total. The molecule has 0 unspecified atom stereocenters. The maximum atomic E-state index is 11.3. The number of aromatic amines is 1. The molecule has 0 spiro atoms. The SMILES string of the molecule is CC(C)c1nc(OC2CNC2)cc(=O)[nH]1. The summed E-state index contributed by atoms with van der Waals surface area (Å²) < 4.78 is 5.53. The van der Waals surface area contributed by atoms with E-state index >= 15 is 0 Å². The minimum Gasteiger partial charge on any atom is -0.471 e. The molecule has 5 nitrogen and oxygen atoms in total. The monoisotopic (exact) mass is 209 g/mol. The molecule has 2 rings (SSSR count). The molecule has 1 aliphatic rings. The number of rotatable bonds is 3. The van der Waals surface area contributed by atoms with E-state index in [9.17, 15) is 4.79 Å². The van der Waals surface area contributed by atoms with Crippen LogP contribution in [0.15, 0.2) is 10.9 Å². The van der Waals surface area contributed by atoms with Crippen LogP contribution in [-0.2, 0) is 0 Å². The molecule has 0 aliphatic carbocycles. The molecule has 1 fully saturated rings. The van der Waals surface area contributed by atoms with Crippen molar-refractivity contribution >= 4 is 0 Å². The van der Waals surface area contributed by atoms with Gasteiger partial charge in [0.05, 0.1) is 6.07 Å². The van der Waals surface area contributed by atoms with Crippen molar-refractivity contribution in [3.05, 3.63) is 22.2 Å². The van der Waals surface area contributed by atoms with Gasteiger partial charge in [0.1, 0.15) is 11.9 Å². The van der Waals surface area contributed by atoms with E-state index in [1.165, 1.54) is 6.07 Å². The van der Waals surface area contributed by atoms with Gasteiger partial charge in [-0.05, 0) is 0 Å². The van der Waals surface area contributed by atoms with E-state index in [0.717, 1.165) is 13.1 Å². The zero-order chi connectivity index (χ0) is 10.8. The normalized spacial score (nSPS) is 16.5. The van der Waals surface area contributed by atoms with Gasteiger partial charge in [0.15, 0.2) is 0 Å². The zero-order valence-electron chi connectivity index (χ0n) is 8.91. The van der Waals surface area contributed by atoms with E-state index < -0.39 is 0 Å². The predicted octanol–water partition coefficient (Wildman–Crippen LogP) is 0.244. The molecule has 15 heavy (non-hydrogen) atoms. The fraction of sp³-hybridized carbons (Fsp3) is 0.600. The molecule has 1 aliphatic heterocycles. The van der Waals surface area contributed by atoms with E-state index in [2.05, 4.69) is 15.3 Å². The van der Waals surface area contributed by atoms with E-state index in [0.29, 0.717) is 11.7 Å². The topological polar surface area (TPSA) is 67.0 Å². The number of H-pyrrole nitrogens is 1. The smallest absolute Gasteiger partial charge is 0.254 e. The van der Waals surface area contributed by atoms with Crippen molar-refractivity contribution in [3.8, 4) is 5.88 Å². The van der Waals surface area contributed by atoms with Gasteiger partial charge in [-0.3, -0.25) is 4.79 Å². The zero-order valence-corrected chi connectivity index (χ0v) is 8.91. The standard InChI is InChI=1S/C10H15N3O2/c1-6(2)10-12-8(14)3-9(13-10)15-7-4-11-5-7/h3,6-7,11H,4-5H2,1-2H3,(H,12,13,14). The van der Waals surface area contributed by atoms with Crippen molar-refractivity contribution in [2.24, 2.45) is 0 Å². The summed E-state index contributed by atoms with van der Waals surface area (Å²) in [4.78, 5) is 18.3. The Morgan fingerprint density at radius 3 is 2.80 bits per heavy atom. The van der Waals surface area contributed by atoms with Crippen LogP contribution in [0.4, 0.5) is 0 Å². The van der Waals surface area contributed by atoms with E-state index in [1.807, 2.05) is 13.8 Å². The summed E-state index contributed by atoms with van der Waals surface area (Å²) in [5, 5.41) is 3.09. The summed E-state index contributed by atoms with van der Waals surface area (Å²) in [6.07, 6.45) is 0.152. The molecule has 0 atom stereocenters. The highest BCUT2D eigenvalue weighted by Gasteiger charge is 2.19. The summed E-state index contributed by atoms with van der Waals surface area (Å²) in [6.45, 7) is 5.61. The molecule has 0 bridgehead atoms. The van der Waals surface area contributed by atoms with E-state index in [-0.39, 0.29) is 17.6 Å². The van der Waals surface area contributed by atoms with Crippen LogP contribution in [0.2, 0.25) is 0 Å². The average Bonchev–Trinajstić information content (AvgIpc) is 2.10. The summed E-state index contributed by atoms with van der Waals surface area (Å²) in [7, 11) is 0. The molecule has 0 aromatic carbocycles. The summed E-state index contributed by atoms with van der Waals surface area (Å²) in [6, 6.07) is 1.39. The predicted molar refractivity (Wildman–Crippen MR) is 56.2 cm³/mol. The molecule has 1 saturated heterocycles. The van der Waals surface area contributed by atoms with Gasteiger partial charge in [0, 0.05) is 19.0 Å². The highest BCUT2D eigenvalue weighted by molar-refractivity contribution is 5.11. The highest BCUT2D eigenvalue weighted by Crippen LogP contribution is 2.12. The van der Waals surface area contributed by atoms with Crippen molar-refractivity contribution in [1.82, 2.24) is 15.3 Å². The van der Waals surface area contributed by atoms with Crippen LogP contribution in [0.3, 0.4) is 0 Å².